The standard InChI is InChI=1S/C33H39Si.3ClH.Ti/c1-23(2)27-11-8-14-30(20-27)34(33-18-17-26(7)19-33,31-15-9-12-28(21-31)24(3)4)32-16-10-13-29(22-32)25(5)6;;;;/h8-17,20-25H,18H2,1-7H3;3*1H;/q-1;;;;+4/p-3. The fourth-order valence-corrected chi connectivity index (χ4v) is 10.3. The quantitative estimate of drug-likeness (QED) is 0.166. The minimum absolute atomic E-state index is 0. The van der Waals surface area contributed by atoms with Gasteiger partial charge in [0.2, 0.25) is 0 Å². The second-order valence-corrected chi connectivity index (χ2v) is 14.6. The van der Waals surface area contributed by atoms with Gasteiger partial charge in [-0.25, -0.2) is 11.6 Å². The van der Waals surface area contributed by atoms with E-state index in [1.165, 1.54) is 43.0 Å². The fourth-order valence-electron chi connectivity index (χ4n) is 5.26. The molecule has 3 aromatic carbocycles. The van der Waals surface area contributed by atoms with Gasteiger partial charge in [-0.05, 0) is 50.0 Å². The van der Waals surface area contributed by atoms with Gasteiger partial charge in [-0.15, -0.1) is 0 Å². The van der Waals surface area contributed by atoms with E-state index in [0.717, 1.165) is 6.42 Å². The Morgan fingerprint density at radius 1 is 0.605 bits per heavy atom. The Morgan fingerprint density at radius 2 is 0.947 bits per heavy atom. The van der Waals surface area contributed by atoms with Crippen molar-refractivity contribution in [3.05, 3.63) is 112 Å². The zero-order valence-corrected chi connectivity index (χ0v) is 28.4. The van der Waals surface area contributed by atoms with Crippen LogP contribution in [0, 0.1) is 6.08 Å². The first-order valence-electron chi connectivity index (χ1n) is 12.8. The van der Waals surface area contributed by atoms with Gasteiger partial charge >= 0.3 is 21.7 Å². The molecule has 1 aliphatic carbocycles. The van der Waals surface area contributed by atoms with Crippen LogP contribution in [0.2, 0.25) is 0 Å². The average molecular weight is 618 g/mol. The minimum atomic E-state index is -2.51. The Bertz CT molecular complexity index is 1120. The molecular formula is C33H39Cl3SiTi. The van der Waals surface area contributed by atoms with Crippen LogP contribution in [0.1, 0.15) is 89.3 Å². The van der Waals surface area contributed by atoms with Crippen LogP contribution >= 0.6 is 0 Å². The molecule has 0 radical (unpaired) electrons. The van der Waals surface area contributed by atoms with Gasteiger partial charge in [0.1, 0.15) is 0 Å². The molecule has 0 bridgehead atoms. The molecule has 0 aliphatic heterocycles. The van der Waals surface area contributed by atoms with E-state index in [0.29, 0.717) is 17.8 Å². The van der Waals surface area contributed by atoms with Crippen molar-refractivity contribution >= 4 is 23.6 Å². The minimum Gasteiger partial charge on any atom is -1.00 e. The summed E-state index contributed by atoms with van der Waals surface area (Å²) >= 11 is 0. The third-order valence-corrected chi connectivity index (χ3v) is 12.1. The Morgan fingerprint density at radius 3 is 1.21 bits per heavy atom. The van der Waals surface area contributed by atoms with E-state index in [1.54, 1.807) is 0 Å². The number of hydrogen-bond donors (Lipinski definition) is 0. The maximum absolute atomic E-state index is 3.88. The van der Waals surface area contributed by atoms with E-state index in [-0.39, 0.29) is 58.9 Å². The molecule has 1 aliphatic rings. The second-order valence-electron chi connectivity index (χ2n) is 10.8. The zero-order chi connectivity index (χ0) is 24.5. The van der Waals surface area contributed by atoms with Crippen LogP contribution in [0.25, 0.3) is 0 Å². The molecule has 0 atom stereocenters. The van der Waals surface area contributed by atoms with Gasteiger partial charge in [-0.3, -0.25) is 6.08 Å². The molecule has 0 saturated heterocycles. The predicted molar refractivity (Wildman–Crippen MR) is 151 cm³/mol. The number of hydrogen-bond acceptors (Lipinski definition) is 0. The summed E-state index contributed by atoms with van der Waals surface area (Å²) in [6.07, 6.45) is 7.23. The van der Waals surface area contributed by atoms with Crippen LogP contribution in [-0.4, -0.2) is 8.07 Å². The van der Waals surface area contributed by atoms with Crippen LogP contribution in [0.4, 0.5) is 0 Å². The van der Waals surface area contributed by atoms with Crippen molar-refractivity contribution in [3.63, 3.8) is 0 Å². The van der Waals surface area contributed by atoms with Gasteiger partial charge in [0, 0.05) is 0 Å². The average Bonchev–Trinajstić information content (AvgIpc) is 3.26. The largest absolute Gasteiger partial charge is 4.00 e. The van der Waals surface area contributed by atoms with Crippen LogP contribution in [0.5, 0.6) is 0 Å². The first kappa shape index (κ1) is 36.9. The molecule has 0 nitrogen and oxygen atoms in total. The molecule has 0 aromatic heterocycles. The van der Waals surface area contributed by atoms with Gasteiger partial charge in [0.05, 0.1) is 0 Å². The van der Waals surface area contributed by atoms with E-state index in [2.05, 4.69) is 133 Å². The summed E-state index contributed by atoms with van der Waals surface area (Å²) in [5, 5.41) is 5.91. The van der Waals surface area contributed by atoms with Gasteiger partial charge in [0.25, 0.3) is 0 Å². The molecule has 38 heavy (non-hydrogen) atoms. The van der Waals surface area contributed by atoms with E-state index >= 15 is 0 Å². The normalized spacial score (nSPS) is 12.7. The Hall–Kier alpha value is -1.06. The smallest absolute Gasteiger partial charge is 1.00 e. The molecule has 5 heteroatoms. The maximum Gasteiger partial charge on any atom is 4.00 e. The van der Waals surface area contributed by atoms with E-state index in [1.807, 2.05) is 0 Å². The van der Waals surface area contributed by atoms with Crippen LogP contribution in [-0.2, 0) is 21.7 Å². The first-order chi connectivity index (χ1) is 16.2. The van der Waals surface area contributed by atoms with Crippen LogP contribution in [0.15, 0.2) is 89.6 Å². The molecule has 0 N–H and O–H groups in total. The molecule has 200 valence electrons. The Balaban J connectivity index is 0.00000342. The van der Waals surface area contributed by atoms with Crippen molar-refractivity contribution in [1.82, 2.24) is 0 Å². The van der Waals surface area contributed by atoms with E-state index in [9.17, 15) is 0 Å². The number of allylic oxidation sites excluding steroid dienone is 4. The fraction of sp³-hybridized carbons (Fsp3) is 0.333. The molecule has 0 unspecified atom stereocenters. The van der Waals surface area contributed by atoms with Gasteiger partial charge in [-0.1, -0.05) is 128 Å². The molecule has 3 aromatic rings. The summed E-state index contributed by atoms with van der Waals surface area (Å²) in [6.45, 7) is 16.0. The molecule has 0 fully saturated rings. The summed E-state index contributed by atoms with van der Waals surface area (Å²) in [7, 11) is -2.51. The summed E-state index contributed by atoms with van der Waals surface area (Å²) in [4.78, 5) is 0. The van der Waals surface area contributed by atoms with E-state index in [4.69, 9.17) is 0 Å². The zero-order valence-electron chi connectivity index (χ0n) is 23.6. The SMILES string of the molecule is CC1=CCC([Si](c2cccc(C(C)C)c2)(c2cccc(C(C)C)c2)c2cccc(C(C)C)c2)=[C-]1.[Cl-].[Cl-].[Cl-].[Ti+4]. The number of halogens is 3. The van der Waals surface area contributed by atoms with Crippen molar-refractivity contribution < 1.29 is 58.9 Å². The number of rotatable bonds is 7. The summed E-state index contributed by atoms with van der Waals surface area (Å²) in [6, 6.07) is 28.4. The van der Waals surface area contributed by atoms with Crippen molar-refractivity contribution in [2.75, 3.05) is 0 Å². The molecule has 4 rings (SSSR count). The summed E-state index contributed by atoms with van der Waals surface area (Å²) in [5.74, 6) is 1.49. The van der Waals surface area contributed by atoms with Crippen molar-refractivity contribution in [2.24, 2.45) is 0 Å². The van der Waals surface area contributed by atoms with E-state index < -0.39 is 8.07 Å². The van der Waals surface area contributed by atoms with Crippen molar-refractivity contribution in [1.29, 1.82) is 0 Å². The molecule has 0 spiro atoms. The summed E-state index contributed by atoms with van der Waals surface area (Å²) in [5.41, 5.74) is 5.51. The Kier molecular flexibility index (Phi) is 15.2. The molecule has 0 saturated carbocycles. The summed E-state index contributed by atoms with van der Waals surface area (Å²) < 4.78 is 0. The Labute approximate surface area is 265 Å². The monoisotopic (exact) mass is 616 g/mol. The molecule has 0 amide bonds. The third kappa shape index (κ3) is 7.36. The number of benzene rings is 3. The predicted octanol–water partition coefficient (Wildman–Crippen LogP) is -1.84. The van der Waals surface area contributed by atoms with Gasteiger partial charge in [0.15, 0.2) is 8.07 Å². The van der Waals surface area contributed by atoms with Crippen molar-refractivity contribution in [2.45, 2.75) is 72.6 Å². The molecular weight excluding hydrogens is 579 g/mol. The first-order valence-corrected chi connectivity index (χ1v) is 14.8. The van der Waals surface area contributed by atoms with Crippen molar-refractivity contribution in [3.8, 4) is 0 Å². The van der Waals surface area contributed by atoms with Crippen LogP contribution in [0.3, 0.4) is 0 Å². The van der Waals surface area contributed by atoms with Crippen LogP contribution < -0.4 is 52.8 Å². The van der Waals surface area contributed by atoms with Gasteiger partial charge in [-0.2, -0.15) is 5.20 Å². The second kappa shape index (κ2) is 15.7. The topological polar surface area (TPSA) is 0 Å². The third-order valence-electron chi connectivity index (χ3n) is 7.37. The molecule has 0 heterocycles. The maximum atomic E-state index is 3.88. The van der Waals surface area contributed by atoms with Gasteiger partial charge < -0.3 is 37.2 Å².